The Labute approximate surface area is 143 Å². The number of hydrogen-bond acceptors (Lipinski definition) is 3. The molecule has 5 nitrogen and oxygen atoms in total. The molecular formula is C19H26N4O. The van der Waals surface area contributed by atoms with Gasteiger partial charge in [-0.05, 0) is 18.9 Å². The largest absolute Gasteiger partial charge is 0.341 e. The Morgan fingerprint density at radius 2 is 2.08 bits per heavy atom. The van der Waals surface area contributed by atoms with Gasteiger partial charge in [0.1, 0.15) is 5.82 Å². The number of aryl methyl sites for hydroxylation is 2. The van der Waals surface area contributed by atoms with E-state index < -0.39 is 0 Å². The van der Waals surface area contributed by atoms with Crippen molar-refractivity contribution in [2.24, 2.45) is 7.05 Å². The van der Waals surface area contributed by atoms with Crippen molar-refractivity contribution in [3.8, 4) is 0 Å². The second-order valence-electron chi connectivity index (χ2n) is 6.63. The predicted octanol–water partition coefficient (Wildman–Crippen LogP) is 2.01. The van der Waals surface area contributed by atoms with Crippen molar-refractivity contribution in [1.82, 2.24) is 19.4 Å². The number of imidazole rings is 1. The van der Waals surface area contributed by atoms with Crippen LogP contribution in [0.1, 0.15) is 23.4 Å². The molecule has 3 rings (SSSR count). The zero-order valence-electron chi connectivity index (χ0n) is 14.6. The molecule has 1 aliphatic heterocycles. The fraction of sp³-hybridized carbons (Fsp3) is 0.474. The number of benzene rings is 1. The first-order chi connectivity index (χ1) is 11.6. The predicted molar refractivity (Wildman–Crippen MR) is 94.6 cm³/mol. The van der Waals surface area contributed by atoms with E-state index in [1.165, 1.54) is 5.56 Å². The van der Waals surface area contributed by atoms with Gasteiger partial charge in [-0.2, -0.15) is 0 Å². The maximum absolute atomic E-state index is 12.6. The van der Waals surface area contributed by atoms with E-state index in [9.17, 15) is 4.79 Å². The Hall–Kier alpha value is -2.14. The van der Waals surface area contributed by atoms with Crippen LogP contribution < -0.4 is 0 Å². The highest BCUT2D eigenvalue weighted by Crippen LogP contribution is 2.11. The molecule has 0 aliphatic carbocycles. The van der Waals surface area contributed by atoms with E-state index in [2.05, 4.69) is 33.5 Å². The minimum absolute atomic E-state index is 0.236. The highest BCUT2D eigenvalue weighted by molar-refractivity contribution is 5.78. The molecule has 0 atom stereocenters. The molecule has 128 valence electrons. The monoisotopic (exact) mass is 326 g/mol. The first kappa shape index (κ1) is 16.7. The molecule has 0 unspecified atom stereocenters. The van der Waals surface area contributed by atoms with Gasteiger partial charge in [0.2, 0.25) is 5.91 Å². The van der Waals surface area contributed by atoms with Gasteiger partial charge in [-0.1, -0.05) is 29.8 Å². The van der Waals surface area contributed by atoms with Crippen LogP contribution in [0.15, 0.2) is 36.7 Å². The Kier molecular flexibility index (Phi) is 5.30. The summed E-state index contributed by atoms with van der Waals surface area (Å²) in [5.41, 5.74) is 2.31. The summed E-state index contributed by atoms with van der Waals surface area (Å²) in [4.78, 5) is 21.4. The summed E-state index contributed by atoms with van der Waals surface area (Å²) in [5.74, 6) is 1.31. The first-order valence-electron chi connectivity index (χ1n) is 8.64. The third-order valence-corrected chi connectivity index (χ3v) is 4.67. The van der Waals surface area contributed by atoms with Crippen molar-refractivity contribution in [2.75, 3.05) is 26.2 Å². The van der Waals surface area contributed by atoms with Gasteiger partial charge in [0.05, 0.1) is 13.0 Å². The number of hydrogen-bond donors (Lipinski definition) is 0. The third-order valence-electron chi connectivity index (χ3n) is 4.67. The van der Waals surface area contributed by atoms with E-state index in [-0.39, 0.29) is 5.91 Å². The summed E-state index contributed by atoms with van der Waals surface area (Å²) in [6.07, 6.45) is 5.33. The quantitative estimate of drug-likeness (QED) is 0.863. The second-order valence-corrected chi connectivity index (χ2v) is 6.63. The summed E-state index contributed by atoms with van der Waals surface area (Å²) in [7, 11) is 2.03. The van der Waals surface area contributed by atoms with Crippen LogP contribution in [0.25, 0.3) is 0 Å². The van der Waals surface area contributed by atoms with E-state index in [1.807, 2.05) is 36.5 Å². The molecule has 5 heteroatoms. The summed E-state index contributed by atoms with van der Waals surface area (Å²) in [6.45, 7) is 6.49. The van der Waals surface area contributed by atoms with Crippen molar-refractivity contribution in [2.45, 2.75) is 26.3 Å². The lowest BCUT2D eigenvalue weighted by Gasteiger charge is -2.22. The third kappa shape index (κ3) is 4.23. The summed E-state index contributed by atoms with van der Waals surface area (Å²) >= 11 is 0. The minimum Gasteiger partial charge on any atom is -0.341 e. The van der Waals surface area contributed by atoms with Gasteiger partial charge in [-0.3, -0.25) is 9.69 Å². The molecule has 2 aromatic rings. The van der Waals surface area contributed by atoms with Gasteiger partial charge < -0.3 is 9.47 Å². The van der Waals surface area contributed by atoms with Crippen molar-refractivity contribution in [3.05, 3.63) is 53.6 Å². The molecule has 0 bridgehead atoms. The summed E-state index contributed by atoms with van der Waals surface area (Å²) in [6, 6.07) is 8.23. The molecule has 0 radical (unpaired) electrons. The zero-order valence-corrected chi connectivity index (χ0v) is 14.6. The molecule has 1 aromatic heterocycles. The highest BCUT2D eigenvalue weighted by Gasteiger charge is 2.20. The van der Waals surface area contributed by atoms with Gasteiger partial charge in [-0.15, -0.1) is 0 Å². The average molecular weight is 326 g/mol. The molecule has 24 heavy (non-hydrogen) atoms. The highest BCUT2D eigenvalue weighted by atomic mass is 16.2. The number of rotatable bonds is 4. The topological polar surface area (TPSA) is 41.4 Å². The van der Waals surface area contributed by atoms with Crippen LogP contribution in [0.4, 0.5) is 0 Å². The van der Waals surface area contributed by atoms with Crippen molar-refractivity contribution < 1.29 is 4.79 Å². The van der Waals surface area contributed by atoms with Gasteiger partial charge in [0, 0.05) is 45.6 Å². The lowest BCUT2D eigenvalue weighted by atomic mass is 10.1. The zero-order chi connectivity index (χ0) is 16.9. The molecule has 1 aromatic carbocycles. The van der Waals surface area contributed by atoms with E-state index in [0.717, 1.165) is 50.5 Å². The Morgan fingerprint density at radius 3 is 2.83 bits per heavy atom. The average Bonchev–Trinajstić information content (AvgIpc) is 2.81. The van der Waals surface area contributed by atoms with Crippen molar-refractivity contribution in [1.29, 1.82) is 0 Å². The maximum atomic E-state index is 12.6. The molecule has 1 aliphatic rings. The number of nitrogens with zero attached hydrogens (tertiary/aromatic N) is 4. The Morgan fingerprint density at radius 1 is 1.21 bits per heavy atom. The second kappa shape index (κ2) is 7.62. The molecule has 0 N–H and O–H groups in total. The maximum Gasteiger partial charge on any atom is 0.227 e. The molecule has 0 spiro atoms. The number of carbonyl (C=O) groups excluding carboxylic acids is 1. The standard InChI is InChI=1S/C19H26N4O/c1-16-5-3-6-17(13-16)14-19(24)23-9-4-8-22(11-12-23)15-18-20-7-10-21(18)2/h3,5-7,10,13H,4,8-9,11-12,14-15H2,1-2H3. The molecule has 2 heterocycles. The smallest absolute Gasteiger partial charge is 0.227 e. The van der Waals surface area contributed by atoms with Crippen molar-refractivity contribution >= 4 is 5.91 Å². The Bertz CT molecular complexity index is 694. The normalized spacial score (nSPS) is 16.2. The van der Waals surface area contributed by atoms with Crippen LogP contribution >= 0.6 is 0 Å². The van der Waals surface area contributed by atoms with Crippen LogP contribution in [0.5, 0.6) is 0 Å². The van der Waals surface area contributed by atoms with Crippen LogP contribution in [-0.4, -0.2) is 51.4 Å². The Balaban J connectivity index is 1.55. The fourth-order valence-corrected chi connectivity index (χ4v) is 3.24. The fourth-order valence-electron chi connectivity index (χ4n) is 3.24. The van der Waals surface area contributed by atoms with Crippen molar-refractivity contribution in [3.63, 3.8) is 0 Å². The van der Waals surface area contributed by atoms with E-state index in [4.69, 9.17) is 0 Å². The number of carbonyl (C=O) groups is 1. The van der Waals surface area contributed by atoms with Gasteiger partial charge in [0.25, 0.3) is 0 Å². The van der Waals surface area contributed by atoms with Crippen LogP contribution in [0.3, 0.4) is 0 Å². The van der Waals surface area contributed by atoms with Crippen LogP contribution in [-0.2, 0) is 24.8 Å². The molecular weight excluding hydrogens is 300 g/mol. The summed E-state index contributed by atoms with van der Waals surface area (Å²) in [5, 5.41) is 0. The molecule has 0 saturated carbocycles. The molecule has 1 fully saturated rings. The molecule has 1 amide bonds. The lowest BCUT2D eigenvalue weighted by molar-refractivity contribution is -0.130. The molecule has 1 saturated heterocycles. The first-order valence-corrected chi connectivity index (χ1v) is 8.64. The van der Waals surface area contributed by atoms with Gasteiger partial charge in [-0.25, -0.2) is 4.98 Å². The van der Waals surface area contributed by atoms with Crippen LogP contribution in [0.2, 0.25) is 0 Å². The van der Waals surface area contributed by atoms with E-state index in [1.54, 1.807) is 0 Å². The number of amides is 1. The van der Waals surface area contributed by atoms with E-state index >= 15 is 0 Å². The minimum atomic E-state index is 0.236. The number of aromatic nitrogens is 2. The van der Waals surface area contributed by atoms with E-state index in [0.29, 0.717) is 6.42 Å². The van der Waals surface area contributed by atoms with Gasteiger partial charge in [0.15, 0.2) is 0 Å². The lowest BCUT2D eigenvalue weighted by Crippen LogP contribution is -2.36. The summed E-state index contributed by atoms with van der Waals surface area (Å²) < 4.78 is 2.06. The SMILES string of the molecule is Cc1cccc(CC(=O)N2CCCN(Cc3nccn3C)CC2)c1. The van der Waals surface area contributed by atoms with Crippen LogP contribution in [0, 0.1) is 6.92 Å². The van der Waals surface area contributed by atoms with Gasteiger partial charge >= 0.3 is 0 Å².